The van der Waals surface area contributed by atoms with Crippen molar-refractivity contribution in [2.75, 3.05) is 20.2 Å². The first-order chi connectivity index (χ1) is 6.92. The lowest BCUT2D eigenvalue weighted by Crippen LogP contribution is -2.21. The number of rotatable bonds is 3. The van der Waals surface area contributed by atoms with E-state index in [1.165, 1.54) is 12.0 Å². The maximum absolute atomic E-state index is 5.76. The summed E-state index contributed by atoms with van der Waals surface area (Å²) >= 11 is 0. The Hall–Kier alpha value is -0.860. The second-order valence-electron chi connectivity index (χ2n) is 3.81. The number of hydrogen-bond donors (Lipinski definition) is 1. The van der Waals surface area contributed by atoms with Crippen LogP contribution in [0.1, 0.15) is 18.1 Å². The maximum Gasteiger partial charge on any atom is 0.0866 e. The quantitative estimate of drug-likeness (QED) is 0.789. The van der Waals surface area contributed by atoms with E-state index in [2.05, 4.69) is 29.6 Å². The molecule has 2 rings (SSSR count). The topological polar surface area (TPSA) is 21.3 Å². The van der Waals surface area contributed by atoms with Crippen LogP contribution in [0.25, 0.3) is 0 Å². The molecule has 0 bridgehead atoms. The Morgan fingerprint density at radius 2 is 2.14 bits per heavy atom. The predicted molar refractivity (Wildman–Crippen MR) is 57.2 cm³/mol. The van der Waals surface area contributed by atoms with Crippen molar-refractivity contribution < 1.29 is 4.74 Å². The Kier molecular flexibility index (Phi) is 3.17. The zero-order valence-electron chi connectivity index (χ0n) is 8.57. The summed E-state index contributed by atoms with van der Waals surface area (Å²) in [6.07, 6.45) is 1.46. The van der Waals surface area contributed by atoms with E-state index in [9.17, 15) is 0 Å². The highest BCUT2D eigenvalue weighted by Gasteiger charge is 2.28. The highest BCUT2D eigenvalue weighted by atomic mass is 16.5. The molecule has 14 heavy (non-hydrogen) atoms. The number of benzene rings is 1. The van der Waals surface area contributed by atoms with Gasteiger partial charge in [-0.25, -0.2) is 0 Å². The third-order valence-corrected chi connectivity index (χ3v) is 2.81. The van der Waals surface area contributed by atoms with E-state index in [0.29, 0.717) is 12.0 Å². The van der Waals surface area contributed by atoms with E-state index >= 15 is 0 Å². The second kappa shape index (κ2) is 4.58. The summed E-state index contributed by atoms with van der Waals surface area (Å²) in [7, 11) is 2.00. The first kappa shape index (κ1) is 9.69. The van der Waals surface area contributed by atoms with Gasteiger partial charge in [0.15, 0.2) is 0 Å². The monoisotopic (exact) mass is 191 g/mol. The molecule has 2 heteroatoms. The Labute approximate surface area is 85.3 Å². The Morgan fingerprint density at radius 1 is 1.36 bits per heavy atom. The van der Waals surface area contributed by atoms with E-state index in [1.54, 1.807) is 0 Å². The van der Waals surface area contributed by atoms with Crippen molar-refractivity contribution in [1.82, 2.24) is 5.32 Å². The van der Waals surface area contributed by atoms with E-state index in [4.69, 9.17) is 4.74 Å². The fourth-order valence-corrected chi connectivity index (χ4v) is 2.12. The lowest BCUT2D eigenvalue weighted by atomic mass is 9.95. The number of ether oxygens (including phenoxy) is 1. The Bertz CT molecular complexity index is 273. The van der Waals surface area contributed by atoms with Crippen molar-refractivity contribution >= 4 is 0 Å². The van der Waals surface area contributed by atoms with Crippen LogP contribution in [0.5, 0.6) is 0 Å². The molecule has 1 aromatic rings. The first-order valence-electron chi connectivity index (χ1n) is 5.23. The maximum atomic E-state index is 5.76. The van der Waals surface area contributed by atoms with E-state index < -0.39 is 0 Å². The van der Waals surface area contributed by atoms with Crippen molar-refractivity contribution in [3.05, 3.63) is 35.9 Å². The van der Waals surface area contributed by atoms with Crippen LogP contribution in [0.15, 0.2) is 30.3 Å². The molecule has 0 amide bonds. The molecule has 1 saturated heterocycles. The summed E-state index contributed by atoms with van der Waals surface area (Å²) in [4.78, 5) is 0. The van der Waals surface area contributed by atoms with Gasteiger partial charge in [-0.1, -0.05) is 30.3 Å². The Balaban J connectivity index is 2.10. The normalized spacial score (nSPS) is 26.6. The van der Waals surface area contributed by atoms with Crippen molar-refractivity contribution in [3.63, 3.8) is 0 Å². The van der Waals surface area contributed by atoms with Gasteiger partial charge in [0.05, 0.1) is 6.10 Å². The van der Waals surface area contributed by atoms with Crippen LogP contribution in [0.2, 0.25) is 0 Å². The van der Waals surface area contributed by atoms with E-state index in [0.717, 1.165) is 13.2 Å². The average Bonchev–Trinajstić information content (AvgIpc) is 2.68. The SMILES string of the molecule is CNCC1CCOC1c1ccccc1. The molecule has 1 aliphatic heterocycles. The van der Waals surface area contributed by atoms with Crippen molar-refractivity contribution in [2.24, 2.45) is 5.92 Å². The van der Waals surface area contributed by atoms with Crippen LogP contribution >= 0.6 is 0 Å². The first-order valence-corrected chi connectivity index (χ1v) is 5.23. The van der Waals surface area contributed by atoms with Crippen LogP contribution in [0.3, 0.4) is 0 Å². The minimum absolute atomic E-state index is 0.295. The molecule has 2 nitrogen and oxygen atoms in total. The van der Waals surface area contributed by atoms with Gasteiger partial charge < -0.3 is 10.1 Å². The second-order valence-corrected chi connectivity index (χ2v) is 3.81. The standard InChI is InChI=1S/C12H17NO/c1-13-9-11-7-8-14-12(11)10-5-3-2-4-6-10/h2-6,11-13H,7-9H2,1H3. The fraction of sp³-hybridized carbons (Fsp3) is 0.500. The molecular formula is C12H17NO. The van der Waals surface area contributed by atoms with Gasteiger partial charge in [-0.2, -0.15) is 0 Å². The van der Waals surface area contributed by atoms with Gasteiger partial charge in [0.1, 0.15) is 0 Å². The van der Waals surface area contributed by atoms with Gasteiger partial charge in [-0.05, 0) is 19.0 Å². The van der Waals surface area contributed by atoms with Crippen LogP contribution in [-0.2, 0) is 4.74 Å². The van der Waals surface area contributed by atoms with Crippen molar-refractivity contribution in [1.29, 1.82) is 0 Å². The zero-order chi connectivity index (χ0) is 9.80. The lowest BCUT2D eigenvalue weighted by Gasteiger charge is -2.18. The highest BCUT2D eigenvalue weighted by molar-refractivity contribution is 5.19. The van der Waals surface area contributed by atoms with Gasteiger partial charge in [0.25, 0.3) is 0 Å². The van der Waals surface area contributed by atoms with Gasteiger partial charge in [-0.15, -0.1) is 0 Å². The highest BCUT2D eigenvalue weighted by Crippen LogP contribution is 2.33. The molecule has 0 saturated carbocycles. The predicted octanol–water partition coefficient (Wildman–Crippen LogP) is 1.98. The molecule has 0 aliphatic carbocycles. The number of nitrogens with one attached hydrogen (secondary N) is 1. The number of hydrogen-bond acceptors (Lipinski definition) is 2. The fourth-order valence-electron chi connectivity index (χ4n) is 2.12. The Morgan fingerprint density at radius 3 is 2.86 bits per heavy atom. The van der Waals surface area contributed by atoms with Crippen molar-refractivity contribution in [2.45, 2.75) is 12.5 Å². The summed E-state index contributed by atoms with van der Waals surface area (Å²) in [6.45, 7) is 1.94. The van der Waals surface area contributed by atoms with Crippen LogP contribution in [0.4, 0.5) is 0 Å². The molecule has 76 valence electrons. The molecule has 0 aromatic heterocycles. The molecule has 2 atom stereocenters. The molecular weight excluding hydrogens is 174 g/mol. The smallest absolute Gasteiger partial charge is 0.0866 e. The van der Waals surface area contributed by atoms with Gasteiger partial charge in [-0.3, -0.25) is 0 Å². The molecule has 0 spiro atoms. The third kappa shape index (κ3) is 1.97. The summed E-state index contributed by atoms with van der Waals surface area (Å²) in [5.74, 6) is 0.627. The van der Waals surface area contributed by atoms with Gasteiger partial charge in [0.2, 0.25) is 0 Å². The van der Waals surface area contributed by atoms with Gasteiger partial charge in [0, 0.05) is 19.1 Å². The van der Waals surface area contributed by atoms with Gasteiger partial charge >= 0.3 is 0 Å². The minimum atomic E-state index is 0.295. The molecule has 1 heterocycles. The van der Waals surface area contributed by atoms with Crippen LogP contribution in [0, 0.1) is 5.92 Å². The third-order valence-electron chi connectivity index (χ3n) is 2.81. The summed E-state index contributed by atoms with van der Waals surface area (Å²) in [6, 6.07) is 10.5. The summed E-state index contributed by atoms with van der Waals surface area (Å²) < 4.78 is 5.76. The van der Waals surface area contributed by atoms with Crippen molar-refractivity contribution in [3.8, 4) is 0 Å². The summed E-state index contributed by atoms with van der Waals surface area (Å²) in [5.41, 5.74) is 1.31. The van der Waals surface area contributed by atoms with E-state index in [1.807, 2.05) is 13.1 Å². The molecule has 1 aliphatic rings. The summed E-state index contributed by atoms with van der Waals surface area (Å²) in [5, 5.41) is 3.23. The molecule has 2 unspecified atom stereocenters. The molecule has 1 fully saturated rings. The zero-order valence-corrected chi connectivity index (χ0v) is 8.57. The largest absolute Gasteiger partial charge is 0.373 e. The van der Waals surface area contributed by atoms with E-state index in [-0.39, 0.29) is 0 Å². The molecule has 0 radical (unpaired) electrons. The molecule has 1 N–H and O–H groups in total. The molecule has 1 aromatic carbocycles. The minimum Gasteiger partial charge on any atom is -0.373 e. The van der Waals surface area contributed by atoms with Crippen LogP contribution in [-0.4, -0.2) is 20.2 Å². The average molecular weight is 191 g/mol. The van der Waals surface area contributed by atoms with Crippen LogP contribution < -0.4 is 5.32 Å². The lowest BCUT2D eigenvalue weighted by molar-refractivity contribution is 0.0910.